The monoisotopic (exact) mass is 304 g/mol. The maximum atomic E-state index is 12.7. The average molecular weight is 305 g/mol. The Labute approximate surface area is 116 Å². The zero-order valence-corrected chi connectivity index (χ0v) is 10.8. The zero-order chi connectivity index (χ0) is 14.9. The number of H-pyrrole nitrogens is 1. The Bertz CT molecular complexity index is 652. The summed E-state index contributed by atoms with van der Waals surface area (Å²) in [6.45, 7) is 0. The second-order valence-electron chi connectivity index (χ2n) is 3.83. The summed E-state index contributed by atoms with van der Waals surface area (Å²) in [5.74, 6) is -0.662. The molecule has 0 fully saturated rings. The molecule has 20 heavy (non-hydrogen) atoms. The van der Waals surface area contributed by atoms with E-state index >= 15 is 0 Å². The molecule has 0 aliphatic rings. The summed E-state index contributed by atoms with van der Waals surface area (Å²) in [4.78, 5) is 11.4. The van der Waals surface area contributed by atoms with E-state index in [4.69, 9.17) is 11.6 Å². The average Bonchev–Trinajstić information content (AvgIpc) is 2.86. The number of rotatable bonds is 2. The molecular weight excluding hydrogens is 297 g/mol. The van der Waals surface area contributed by atoms with Crippen molar-refractivity contribution in [3.8, 4) is 11.1 Å². The van der Waals surface area contributed by atoms with Crippen molar-refractivity contribution in [1.82, 2.24) is 10.2 Å². The number of esters is 1. The number of aromatic amines is 1. The van der Waals surface area contributed by atoms with Gasteiger partial charge in [-0.1, -0.05) is 17.7 Å². The highest BCUT2D eigenvalue weighted by Gasteiger charge is 2.36. The van der Waals surface area contributed by atoms with E-state index in [-0.39, 0.29) is 21.7 Å². The van der Waals surface area contributed by atoms with Crippen LogP contribution in [0.5, 0.6) is 0 Å². The number of aromatic nitrogens is 2. The fourth-order valence-corrected chi connectivity index (χ4v) is 1.94. The smallest absolute Gasteiger partial charge is 0.435 e. The highest BCUT2D eigenvalue weighted by Crippen LogP contribution is 2.36. The molecule has 0 radical (unpaired) electrons. The Morgan fingerprint density at radius 3 is 2.65 bits per heavy atom. The molecule has 1 N–H and O–H groups in total. The Morgan fingerprint density at radius 1 is 1.40 bits per heavy atom. The molecule has 8 heteroatoms. The molecule has 0 saturated carbocycles. The summed E-state index contributed by atoms with van der Waals surface area (Å²) in [6, 6.07) is 3.91. The van der Waals surface area contributed by atoms with E-state index in [1.807, 2.05) is 0 Å². The summed E-state index contributed by atoms with van der Waals surface area (Å²) in [5.41, 5.74) is -0.908. The van der Waals surface area contributed by atoms with Crippen molar-refractivity contribution in [3.05, 3.63) is 40.7 Å². The molecule has 4 nitrogen and oxygen atoms in total. The number of methoxy groups -OCH3 is 1. The van der Waals surface area contributed by atoms with E-state index in [1.165, 1.54) is 25.3 Å². The van der Waals surface area contributed by atoms with Crippen molar-refractivity contribution in [2.45, 2.75) is 6.18 Å². The van der Waals surface area contributed by atoms with Gasteiger partial charge in [0.05, 0.1) is 17.7 Å². The second kappa shape index (κ2) is 5.16. The SMILES string of the molecule is COC(=O)c1ccc(-c2c[nH]nc2C(F)(F)F)cc1Cl. The molecule has 0 bridgehead atoms. The molecule has 2 rings (SSSR count). The molecule has 0 aliphatic heterocycles. The summed E-state index contributed by atoms with van der Waals surface area (Å²) < 4.78 is 42.7. The quantitative estimate of drug-likeness (QED) is 0.863. The Kier molecular flexibility index (Phi) is 3.71. The van der Waals surface area contributed by atoms with Crippen LogP contribution < -0.4 is 0 Å². The zero-order valence-electron chi connectivity index (χ0n) is 10.1. The third-order valence-corrected chi connectivity index (χ3v) is 2.91. The predicted octanol–water partition coefficient (Wildman–Crippen LogP) is 3.54. The number of ether oxygens (including phenoxy) is 1. The maximum absolute atomic E-state index is 12.7. The van der Waals surface area contributed by atoms with Crippen molar-refractivity contribution >= 4 is 17.6 Å². The van der Waals surface area contributed by atoms with Crippen molar-refractivity contribution in [2.24, 2.45) is 0 Å². The van der Waals surface area contributed by atoms with Gasteiger partial charge in [-0.25, -0.2) is 4.79 Å². The molecule has 1 aromatic carbocycles. The van der Waals surface area contributed by atoms with Crippen LogP contribution in [0.1, 0.15) is 16.1 Å². The lowest BCUT2D eigenvalue weighted by molar-refractivity contribution is -0.140. The Morgan fingerprint density at radius 2 is 2.10 bits per heavy atom. The minimum Gasteiger partial charge on any atom is -0.465 e. The number of nitrogens with zero attached hydrogens (tertiary/aromatic N) is 1. The van der Waals surface area contributed by atoms with Crippen LogP contribution in [0.2, 0.25) is 5.02 Å². The minimum absolute atomic E-state index is 0.00340. The van der Waals surface area contributed by atoms with Crippen molar-refractivity contribution in [1.29, 1.82) is 0 Å². The number of hydrogen-bond donors (Lipinski definition) is 1. The molecule has 0 saturated heterocycles. The van der Waals surface area contributed by atoms with E-state index in [2.05, 4.69) is 14.9 Å². The Hall–Kier alpha value is -2.02. The highest BCUT2D eigenvalue weighted by atomic mass is 35.5. The first-order valence-corrected chi connectivity index (χ1v) is 5.71. The topological polar surface area (TPSA) is 55.0 Å². The molecule has 106 valence electrons. The molecule has 0 spiro atoms. The van der Waals surface area contributed by atoms with E-state index in [9.17, 15) is 18.0 Å². The normalized spacial score (nSPS) is 11.4. The van der Waals surface area contributed by atoms with Crippen LogP contribution in [0.4, 0.5) is 13.2 Å². The van der Waals surface area contributed by atoms with Gasteiger partial charge in [0.25, 0.3) is 0 Å². The predicted molar refractivity (Wildman–Crippen MR) is 65.4 cm³/mol. The number of carbonyl (C=O) groups is 1. The van der Waals surface area contributed by atoms with E-state index in [0.29, 0.717) is 0 Å². The highest BCUT2D eigenvalue weighted by molar-refractivity contribution is 6.33. The first-order valence-electron chi connectivity index (χ1n) is 5.34. The van der Waals surface area contributed by atoms with Gasteiger partial charge in [-0.3, -0.25) is 5.10 Å². The summed E-state index contributed by atoms with van der Waals surface area (Å²) >= 11 is 5.87. The third kappa shape index (κ3) is 2.62. The van der Waals surface area contributed by atoms with E-state index < -0.39 is 17.8 Å². The first-order chi connectivity index (χ1) is 9.34. The largest absolute Gasteiger partial charge is 0.465 e. The first kappa shape index (κ1) is 14.4. The van der Waals surface area contributed by atoms with Crippen molar-refractivity contribution in [2.75, 3.05) is 7.11 Å². The van der Waals surface area contributed by atoms with Gasteiger partial charge in [0.2, 0.25) is 0 Å². The van der Waals surface area contributed by atoms with Gasteiger partial charge < -0.3 is 4.74 Å². The van der Waals surface area contributed by atoms with Crippen LogP contribution in [0.3, 0.4) is 0 Å². The van der Waals surface area contributed by atoms with Crippen LogP contribution in [0.25, 0.3) is 11.1 Å². The number of alkyl halides is 3. The van der Waals surface area contributed by atoms with Crippen molar-refractivity contribution in [3.63, 3.8) is 0 Å². The number of halogens is 4. The maximum Gasteiger partial charge on any atom is 0.435 e. The molecule has 2 aromatic rings. The van der Waals surface area contributed by atoms with Crippen molar-refractivity contribution < 1.29 is 22.7 Å². The number of hydrogen-bond acceptors (Lipinski definition) is 3. The number of carbonyl (C=O) groups excluding carboxylic acids is 1. The lowest BCUT2D eigenvalue weighted by Crippen LogP contribution is -2.07. The van der Waals surface area contributed by atoms with Gasteiger partial charge in [-0.05, 0) is 17.7 Å². The van der Waals surface area contributed by atoms with Crippen LogP contribution >= 0.6 is 11.6 Å². The summed E-state index contributed by atoms with van der Waals surface area (Å²) in [6.07, 6.45) is -3.46. The number of benzene rings is 1. The second-order valence-corrected chi connectivity index (χ2v) is 4.24. The molecule has 0 unspecified atom stereocenters. The van der Waals surface area contributed by atoms with Crippen LogP contribution in [-0.4, -0.2) is 23.3 Å². The lowest BCUT2D eigenvalue weighted by Gasteiger charge is -2.08. The molecule has 0 aliphatic carbocycles. The molecule has 1 aromatic heterocycles. The fourth-order valence-electron chi connectivity index (χ4n) is 1.68. The van der Waals surface area contributed by atoms with Gasteiger partial charge in [0, 0.05) is 11.8 Å². The molecule has 1 heterocycles. The van der Waals surface area contributed by atoms with Crippen LogP contribution in [0, 0.1) is 0 Å². The third-order valence-electron chi connectivity index (χ3n) is 2.59. The van der Waals surface area contributed by atoms with Gasteiger partial charge >= 0.3 is 12.1 Å². The van der Waals surface area contributed by atoms with E-state index in [1.54, 1.807) is 0 Å². The van der Waals surface area contributed by atoms with Crippen LogP contribution in [0.15, 0.2) is 24.4 Å². The van der Waals surface area contributed by atoms with Gasteiger partial charge in [0.15, 0.2) is 5.69 Å². The van der Waals surface area contributed by atoms with Gasteiger partial charge in [-0.15, -0.1) is 0 Å². The van der Waals surface area contributed by atoms with E-state index in [0.717, 1.165) is 6.20 Å². The Balaban J connectivity index is 2.48. The summed E-state index contributed by atoms with van der Waals surface area (Å²) in [5, 5.41) is 5.35. The van der Waals surface area contributed by atoms with Crippen LogP contribution in [-0.2, 0) is 10.9 Å². The number of nitrogens with one attached hydrogen (secondary N) is 1. The fraction of sp³-hybridized carbons (Fsp3) is 0.167. The molecule has 0 amide bonds. The molecule has 0 atom stereocenters. The molecular formula is C12H8ClF3N2O2. The minimum atomic E-state index is -4.58. The lowest BCUT2D eigenvalue weighted by atomic mass is 10.0. The summed E-state index contributed by atoms with van der Waals surface area (Å²) in [7, 11) is 1.18. The standard InChI is InChI=1S/C12H8ClF3N2O2/c1-20-11(19)7-3-2-6(4-9(7)13)8-5-17-18-10(8)12(14,15)16/h2-5H,1H3,(H,17,18). The van der Waals surface area contributed by atoms with Gasteiger partial charge in [0.1, 0.15) is 0 Å². The van der Waals surface area contributed by atoms with Gasteiger partial charge in [-0.2, -0.15) is 18.3 Å².